The van der Waals surface area contributed by atoms with E-state index >= 15 is 0 Å². The highest BCUT2D eigenvalue weighted by molar-refractivity contribution is 6.35. The number of nitrogens with one attached hydrogen (secondary N) is 1. The summed E-state index contributed by atoms with van der Waals surface area (Å²) in [5, 5.41) is 14.8. The number of aliphatic hydroxyl groups is 1. The fraction of sp³-hybridized carbons (Fsp3) is 0.647. The number of hydrogen-bond acceptors (Lipinski definition) is 3. The Morgan fingerprint density at radius 3 is 2.64 bits per heavy atom. The van der Waals surface area contributed by atoms with E-state index in [4.69, 9.17) is 27.9 Å². The second kappa shape index (κ2) is 8.51. The Hall–Kier alpha value is -0.320. The van der Waals surface area contributed by atoms with Gasteiger partial charge in [-0.05, 0) is 43.4 Å². The molecule has 1 heterocycles. The van der Waals surface area contributed by atoms with Gasteiger partial charge in [-0.25, -0.2) is 0 Å². The Labute approximate surface area is 143 Å². The van der Waals surface area contributed by atoms with E-state index in [-0.39, 0.29) is 12.0 Å². The highest BCUT2D eigenvalue weighted by Crippen LogP contribution is 2.29. The maximum absolute atomic E-state index is 9.76. The summed E-state index contributed by atoms with van der Waals surface area (Å²) in [4.78, 5) is 0. The molecule has 0 saturated carbocycles. The van der Waals surface area contributed by atoms with Gasteiger partial charge in [-0.2, -0.15) is 0 Å². The van der Waals surface area contributed by atoms with Crippen molar-refractivity contribution in [2.75, 3.05) is 26.4 Å². The van der Waals surface area contributed by atoms with Crippen molar-refractivity contribution in [1.82, 2.24) is 5.32 Å². The van der Waals surface area contributed by atoms with Gasteiger partial charge in [0.2, 0.25) is 0 Å². The lowest BCUT2D eigenvalue weighted by atomic mass is 9.80. The molecule has 0 bridgehead atoms. The van der Waals surface area contributed by atoms with Crippen molar-refractivity contribution < 1.29 is 9.84 Å². The minimum atomic E-state index is -0.0462. The standard InChI is InChI=1S/C17H25Cl2NO2/c1-2-15(9-13-3-4-14(18)10-16(13)19)20-11-17(12-21)5-7-22-8-6-17/h3-4,10,15,20-21H,2,5-9,11-12H2,1H3. The normalized spacial score (nSPS) is 19.1. The van der Waals surface area contributed by atoms with Crippen LogP contribution in [0, 0.1) is 5.41 Å². The topological polar surface area (TPSA) is 41.5 Å². The van der Waals surface area contributed by atoms with E-state index in [1.807, 2.05) is 12.1 Å². The predicted octanol–water partition coefficient (Wildman–Crippen LogP) is 3.69. The van der Waals surface area contributed by atoms with Gasteiger partial charge in [-0.15, -0.1) is 0 Å². The van der Waals surface area contributed by atoms with Crippen LogP contribution in [0.4, 0.5) is 0 Å². The highest BCUT2D eigenvalue weighted by Gasteiger charge is 2.32. The first-order chi connectivity index (χ1) is 10.6. The lowest BCUT2D eigenvalue weighted by molar-refractivity contribution is -0.0165. The van der Waals surface area contributed by atoms with Crippen LogP contribution in [0.5, 0.6) is 0 Å². The van der Waals surface area contributed by atoms with Crippen LogP contribution in [0.3, 0.4) is 0 Å². The van der Waals surface area contributed by atoms with Gasteiger partial charge in [0, 0.05) is 41.3 Å². The van der Waals surface area contributed by atoms with Gasteiger partial charge >= 0.3 is 0 Å². The van der Waals surface area contributed by atoms with E-state index in [1.54, 1.807) is 6.07 Å². The molecule has 1 unspecified atom stereocenters. The van der Waals surface area contributed by atoms with Crippen molar-refractivity contribution in [3.05, 3.63) is 33.8 Å². The van der Waals surface area contributed by atoms with E-state index in [2.05, 4.69) is 12.2 Å². The Kier molecular flexibility index (Phi) is 6.97. The zero-order valence-corrected chi connectivity index (χ0v) is 14.6. The molecule has 1 aliphatic heterocycles. The summed E-state index contributed by atoms with van der Waals surface area (Å²) in [6.45, 7) is 4.67. The summed E-state index contributed by atoms with van der Waals surface area (Å²) < 4.78 is 5.41. The van der Waals surface area contributed by atoms with Crippen LogP contribution in [0.15, 0.2) is 18.2 Å². The van der Waals surface area contributed by atoms with Crippen molar-refractivity contribution in [2.24, 2.45) is 5.41 Å². The molecule has 0 amide bonds. The molecule has 0 radical (unpaired) electrons. The Balaban J connectivity index is 1.94. The molecule has 2 N–H and O–H groups in total. The number of rotatable bonds is 7. The number of aliphatic hydroxyl groups excluding tert-OH is 1. The van der Waals surface area contributed by atoms with Gasteiger partial charge < -0.3 is 15.2 Å². The van der Waals surface area contributed by atoms with Gasteiger partial charge in [0.15, 0.2) is 0 Å². The summed E-state index contributed by atoms with van der Waals surface area (Å²) >= 11 is 12.2. The van der Waals surface area contributed by atoms with E-state index in [0.29, 0.717) is 11.1 Å². The fourth-order valence-electron chi connectivity index (χ4n) is 2.87. The van der Waals surface area contributed by atoms with Crippen LogP contribution in [-0.2, 0) is 11.2 Å². The van der Waals surface area contributed by atoms with Gasteiger partial charge in [0.25, 0.3) is 0 Å². The summed E-state index contributed by atoms with van der Waals surface area (Å²) in [5.74, 6) is 0. The summed E-state index contributed by atoms with van der Waals surface area (Å²) in [5.41, 5.74) is 1.06. The maximum atomic E-state index is 9.76. The number of hydrogen-bond donors (Lipinski definition) is 2. The zero-order chi connectivity index (χ0) is 16.0. The minimum Gasteiger partial charge on any atom is -0.396 e. The summed E-state index contributed by atoms with van der Waals surface area (Å²) in [6.07, 6.45) is 3.70. The lowest BCUT2D eigenvalue weighted by Gasteiger charge is -2.37. The smallest absolute Gasteiger partial charge is 0.0501 e. The quantitative estimate of drug-likeness (QED) is 0.791. The van der Waals surface area contributed by atoms with Crippen LogP contribution in [0.25, 0.3) is 0 Å². The van der Waals surface area contributed by atoms with Crippen LogP contribution in [0.1, 0.15) is 31.7 Å². The van der Waals surface area contributed by atoms with Crippen molar-refractivity contribution in [3.63, 3.8) is 0 Å². The monoisotopic (exact) mass is 345 g/mol. The molecule has 0 aromatic heterocycles. The van der Waals surface area contributed by atoms with Crippen molar-refractivity contribution in [1.29, 1.82) is 0 Å². The lowest BCUT2D eigenvalue weighted by Crippen LogP contribution is -2.45. The first-order valence-electron chi connectivity index (χ1n) is 7.94. The molecule has 1 aromatic rings. The average Bonchev–Trinajstić information content (AvgIpc) is 2.54. The molecule has 1 saturated heterocycles. The first-order valence-corrected chi connectivity index (χ1v) is 8.70. The van der Waals surface area contributed by atoms with Gasteiger partial charge in [0.05, 0.1) is 6.61 Å². The average molecular weight is 346 g/mol. The van der Waals surface area contributed by atoms with E-state index in [9.17, 15) is 5.11 Å². The fourth-order valence-corrected chi connectivity index (χ4v) is 3.36. The number of halogens is 2. The van der Waals surface area contributed by atoms with Gasteiger partial charge in [-0.3, -0.25) is 0 Å². The third-order valence-electron chi connectivity index (χ3n) is 4.63. The van der Waals surface area contributed by atoms with E-state index in [0.717, 1.165) is 56.0 Å². The molecule has 3 nitrogen and oxygen atoms in total. The maximum Gasteiger partial charge on any atom is 0.0501 e. The highest BCUT2D eigenvalue weighted by atomic mass is 35.5. The van der Waals surface area contributed by atoms with E-state index in [1.165, 1.54) is 0 Å². The molecular formula is C17H25Cl2NO2. The Morgan fingerprint density at radius 2 is 2.05 bits per heavy atom. The Bertz CT molecular complexity index is 476. The van der Waals surface area contributed by atoms with Crippen LogP contribution in [-0.4, -0.2) is 37.5 Å². The molecule has 2 rings (SSSR count). The summed E-state index contributed by atoms with van der Waals surface area (Å²) in [6, 6.07) is 6.00. The third-order valence-corrected chi connectivity index (χ3v) is 5.22. The molecule has 1 aliphatic rings. The van der Waals surface area contributed by atoms with Crippen LogP contribution in [0.2, 0.25) is 10.0 Å². The van der Waals surface area contributed by atoms with Gasteiger partial charge in [-0.1, -0.05) is 36.2 Å². The zero-order valence-electron chi connectivity index (χ0n) is 13.1. The molecule has 22 heavy (non-hydrogen) atoms. The third kappa shape index (κ3) is 4.84. The van der Waals surface area contributed by atoms with Crippen molar-refractivity contribution >= 4 is 23.2 Å². The van der Waals surface area contributed by atoms with Crippen LogP contribution < -0.4 is 5.32 Å². The van der Waals surface area contributed by atoms with Crippen molar-refractivity contribution in [2.45, 2.75) is 38.6 Å². The molecule has 1 fully saturated rings. The first kappa shape index (κ1) is 18.0. The van der Waals surface area contributed by atoms with Crippen molar-refractivity contribution in [3.8, 4) is 0 Å². The second-order valence-electron chi connectivity index (χ2n) is 6.20. The minimum absolute atomic E-state index is 0.0462. The second-order valence-corrected chi connectivity index (χ2v) is 7.04. The molecule has 1 aromatic carbocycles. The van der Waals surface area contributed by atoms with Gasteiger partial charge in [0.1, 0.15) is 0 Å². The molecule has 1 atom stereocenters. The SMILES string of the molecule is CCC(Cc1ccc(Cl)cc1Cl)NCC1(CO)CCOCC1. The molecule has 0 spiro atoms. The number of benzene rings is 1. The summed E-state index contributed by atoms with van der Waals surface area (Å²) in [7, 11) is 0. The van der Waals surface area contributed by atoms with E-state index < -0.39 is 0 Å². The predicted molar refractivity (Wildman–Crippen MR) is 91.8 cm³/mol. The van der Waals surface area contributed by atoms with Crippen LogP contribution >= 0.6 is 23.2 Å². The largest absolute Gasteiger partial charge is 0.396 e. The number of ether oxygens (including phenoxy) is 1. The molecule has 0 aliphatic carbocycles. The molecular weight excluding hydrogens is 321 g/mol. The Morgan fingerprint density at radius 1 is 1.32 bits per heavy atom. The molecule has 5 heteroatoms. The molecule has 124 valence electrons.